The fraction of sp³-hybridized carbons (Fsp3) is 0.636. The third kappa shape index (κ3) is 5.68. The lowest BCUT2D eigenvalue weighted by molar-refractivity contribution is 0.732. The number of thioether (sulfide) groups is 1. The van der Waals surface area contributed by atoms with E-state index < -0.39 is 0 Å². The van der Waals surface area contributed by atoms with Crippen molar-refractivity contribution < 1.29 is 0 Å². The summed E-state index contributed by atoms with van der Waals surface area (Å²) in [5, 5.41) is 5.58. The van der Waals surface area contributed by atoms with Crippen LogP contribution in [-0.2, 0) is 6.54 Å². The van der Waals surface area contributed by atoms with Crippen molar-refractivity contribution in [1.29, 1.82) is 0 Å². The molecular weight excluding hydrogens is 210 g/mol. The van der Waals surface area contributed by atoms with E-state index in [1.54, 1.807) is 0 Å². The van der Waals surface area contributed by atoms with Crippen molar-refractivity contribution in [3.05, 3.63) is 22.4 Å². The van der Waals surface area contributed by atoms with Crippen molar-refractivity contribution >= 4 is 23.1 Å². The van der Waals surface area contributed by atoms with Crippen LogP contribution in [0.2, 0.25) is 0 Å². The molecule has 0 aromatic carbocycles. The Morgan fingerprint density at radius 3 is 3.00 bits per heavy atom. The summed E-state index contributed by atoms with van der Waals surface area (Å²) in [5.41, 5.74) is 0. The van der Waals surface area contributed by atoms with Crippen LogP contribution in [-0.4, -0.2) is 18.1 Å². The standard InChI is InChI=1S/C11H19NS2/c1-10(2)9-13-7-5-12-8-11-4-3-6-14-11/h3-4,6,10,12H,5,7-9H2,1-2H3. The summed E-state index contributed by atoms with van der Waals surface area (Å²) < 4.78 is 0. The highest BCUT2D eigenvalue weighted by atomic mass is 32.2. The molecule has 0 amide bonds. The summed E-state index contributed by atoms with van der Waals surface area (Å²) in [6, 6.07) is 4.29. The SMILES string of the molecule is CC(C)CSCCNCc1cccs1. The van der Waals surface area contributed by atoms with Gasteiger partial charge in [0.05, 0.1) is 0 Å². The summed E-state index contributed by atoms with van der Waals surface area (Å²) in [4.78, 5) is 1.43. The largest absolute Gasteiger partial charge is 0.311 e. The van der Waals surface area contributed by atoms with Gasteiger partial charge in [-0.15, -0.1) is 11.3 Å². The summed E-state index contributed by atoms with van der Waals surface area (Å²) in [6.45, 7) is 6.69. The molecule has 0 spiro atoms. The molecule has 1 nitrogen and oxygen atoms in total. The molecule has 1 aromatic rings. The van der Waals surface area contributed by atoms with Crippen LogP contribution in [0.4, 0.5) is 0 Å². The zero-order chi connectivity index (χ0) is 10.2. The van der Waals surface area contributed by atoms with Crippen LogP contribution in [0, 0.1) is 5.92 Å². The summed E-state index contributed by atoms with van der Waals surface area (Å²) in [6.07, 6.45) is 0. The Bertz CT molecular complexity index is 219. The maximum Gasteiger partial charge on any atom is 0.0300 e. The number of hydrogen-bond donors (Lipinski definition) is 1. The Morgan fingerprint density at radius 2 is 2.36 bits per heavy atom. The predicted octanol–water partition coefficient (Wildman–Crippen LogP) is 3.23. The van der Waals surface area contributed by atoms with Gasteiger partial charge in [-0.3, -0.25) is 0 Å². The van der Waals surface area contributed by atoms with Gasteiger partial charge in [0.15, 0.2) is 0 Å². The van der Waals surface area contributed by atoms with Crippen LogP contribution in [0.5, 0.6) is 0 Å². The van der Waals surface area contributed by atoms with Gasteiger partial charge in [-0.2, -0.15) is 11.8 Å². The fourth-order valence-corrected chi connectivity index (χ4v) is 2.69. The number of nitrogens with one attached hydrogen (secondary N) is 1. The molecule has 0 aliphatic rings. The monoisotopic (exact) mass is 229 g/mol. The fourth-order valence-electron chi connectivity index (χ4n) is 1.09. The quantitative estimate of drug-likeness (QED) is 0.721. The Morgan fingerprint density at radius 1 is 1.50 bits per heavy atom. The van der Waals surface area contributed by atoms with Gasteiger partial charge in [0.1, 0.15) is 0 Å². The first-order valence-corrected chi connectivity index (χ1v) is 7.13. The molecule has 0 radical (unpaired) electrons. The van der Waals surface area contributed by atoms with Gasteiger partial charge < -0.3 is 5.32 Å². The van der Waals surface area contributed by atoms with Gasteiger partial charge in [-0.25, -0.2) is 0 Å². The van der Waals surface area contributed by atoms with Crippen LogP contribution in [0.15, 0.2) is 17.5 Å². The molecule has 0 saturated carbocycles. The molecule has 1 rings (SSSR count). The van der Waals surface area contributed by atoms with Gasteiger partial charge in [-0.05, 0) is 23.1 Å². The Balaban J connectivity index is 1.90. The Labute approximate surface area is 95.3 Å². The number of rotatable bonds is 7. The maximum absolute atomic E-state index is 3.45. The number of hydrogen-bond acceptors (Lipinski definition) is 3. The lowest BCUT2D eigenvalue weighted by atomic mass is 10.3. The smallest absolute Gasteiger partial charge is 0.0300 e. The third-order valence-corrected chi connectivity index (χ3v) is 4.03. The lowest BCUT2D eigenvalue weighted by Crippen LogP contribution is -2.16. The van der Waals surface area contributed by atoms with Crippen LogP contribution in [0.1, 0.15) is 18.7 Å². The van der Waals surface area contributed by atoms with Crippen molar-refractivity contribution in [3.63, 3.8) is 0 Å². The molecule has 0 atom stereocenters. The average molecular weight is 229 g/mol. The van der Waals surface area contributed by atoms with E-state index in [1.807, 2.05) is 23.1 Å². The third-order valence-electron chi connectivity index (χ3n) is 1.75. The molecule has 14 heavy (non-hydrogen) atoms. The van der Waals surface area contributed by atoms with E-state index in [-0.39, 0.29) is 0 Å². The molecular formula is C11H19NS2. The first kappa shape index (κ1) is 12.1. The molecule has 1 aromatic heterocycles. The van der Waals surface area contributed by atoms with Crippen molar-refractivity contribution in [3.8, 4) is 0 Å². The highest BCUT2D eigenvalue weighted by Gasteiger charge is 1.95. The van der Waals surface area contributed by atoms with Crippen molar-refractivity contribution in [2.75, 3.05) is 18.1 Å². The molecule has 0 saturated heterocycles. The zero-order valence-electron chi connectivity index (χ0n) is 8.95. The van der Waals surface area contributed by atoms with Crippen molar-refractivity contribution in [2.45, 2.75) is 20.4 Å². The minimum atomic E-state index is 0.817. The summed E-state index contributed by atoms with van der Waals surface area (Å²) in [7, 11) is 0. The second-order valence-corrected chi connectivity index (χ2v) is 5.91. The van der Waals surface area contributed by atoms with E-state index in [4.69, 9.17) is 0 Å². The molecule has 0 fully saturated rings. The Kier molecular flexibility index (Phi) is 6.32. The van der Waals surface area contributed by atoms with E-state index in [0.29, 0.717) is 0 Å². The van der Waals surface area contributed by atoms with Gasteiger partial charge in [0.2, 0.25) is 0 Å². The van der Waals surface area contributed by atoms with Crippen LogP contribution >= 0.6 is 23.1 Å². The molecule has 0 aliphatic carbocycles. The highest BCUT2D eigenvalue weighted by Crippen LogP contribution is 2.08. The minimum absolute atomic E-state index is 0.817. The normalized spacial score (nSPS) is 11.1. The molecule has 1 heterocycles. The molecule has 0 unspecified atom stereocenters. The lowest BCUT2D eigenvalue weighted by Gasteiger charge is -2.05. The van der Waals surface area contributed by atoms with Gasteiger partial charge in [-0.1, -0.05) is 19.9 Å². The van der Waals surface area contributed by atoms with E-state index in [2.05, 4.69) is 36.7 Å². The molecule has 0 bridgehead atoms. The summed E-state index contributed by atoms with van der Waals surface area (Å²) in [5.74, 6) is 3.32. The second kappa shape index (κ2) is 7.32. The maximum atomic E-state index is 3.45. The predicted molar refractivity (Wildman–Crippen MR) is 68.2 cm³/mol. The van der Waals surface area contributed by atoms with Gasteiger partial charge in [0, 0.05) is 23.7 Å². The average Bonchev–Trinajstić information content (AvgIpc) is 2.63. The Hall–Kier alpha value is 0.01000. The molecule has 80 valence electrons. The van der Waals surface area contributed by atoms with E-state index in [0.717, 1.165) is 19.0 Å². The van der Waals surface area contributed by atoms with E-state index >= 15 is 0 Å². The van der Waals surface area contributed by atoms with Crippen LogP contribution in [0.25, 0.3) is 0 Å². The first-order valence-electron chi connectivity index (χ1n) is 5.10. The van der Waals surface area contributed by atoms with Crippen molar-refractivity contribution in [2.24, 2.45) is 5.92 Å². The topological polar surface area (TPSA) is 12.0 Å². The van der Waals surface area contributed by atoms with Crippen LogP contribution < -0.4 is 5.32 Å². The molecule has 0 aliphatic heterocycles. The van der Waals surface area contributed by atoms with Gasteiger partial charge in [0.25, 0.3) is 0 Å². The van der Waals surface area contributed by atoms with Crippen molar-refractivity contribution in [1.82, 2.24) is 5.32 Å². The highest BCUT2D eigenvalue weighted by molar-refractivity contribution is 7.99. The first-order chi connectivity index (χ1) is 6.79. The van der Waals surface area contributed by atoms with E-state index in [1.165, 1.54) is 16.4 Å². The minimum Gasteiger partial charge on any atom is -0.311 e. The molecule has 3 heteroatoms. The van der Waals surface area contributed by atoms with E-state index in [9.17, 15) is 0 Å². The number of thiophene rings is 1. The van der Waals surface area contributed by atoms with Crippen LogP contribution in [0.3, 0.4) is 0 Å². The zero-order valence-corrected chi connectivity index (χ0v) is 10.6. The molecule has 1 N–H and O–H groups in total. The second-order valence-electron chi connectivity index (χ2n) is 3.72. The van der Waals surface area contributed by atoms with Gasteiger partial charge >= 0.3 is 0 Å². The summed E-state index contributed by atoms with van der Waals surface area (Å²) >= 11 is 3.86.